The van der Waals surface area contributed by atoms with Crippen LogP contribution in [0.2, 0.25) is 0 Å². The third kappa shape index (κ3) is 3.58. The molecule has 0 bridgehead atoms. The minimum absolute atomic E-state index is 0.335. The summed E-state index contributed by atoms with van der Waals surface area (Å²) in [6.07, 6.45) is 0. The Kier molecular flexibility index (Phi) is 4.79. The van der Waals surface area contributed by atoms with Gasteiger partial charge >= 0.3 is 0 Å². The van der Waals surface area contributed by atoms with E-state index in [4.69, 9.17) is 9.84 Å². The number of nitrogens with one attached hydrogen (secondary N) is 1. The molecule has 0 saturated carbocycles. The van der Waals surface area contributed by atoms with Gasteiger partial charge in [-0.1, -0.05) is 15.9 Å². The van der Waals surface area contributed by atoms with Gasteiger partial charge in [0, 0.05) is 4.47 Å². The number of hydrogen-bond donors (Lipinski definition) is 2. The van der Waals surface area contributed by atoms with Gasteiger partial charge in [0.05, 0.1) is 19.4 Å². The number of benzene rings is 1. The predicted octanol–water partition coefficient (Wildman–Crippen LogP) is 1.58. The third-order valence-electron chi connectivity index (χ3n) is 2.20. The summed E-state index contributed by atoms with van der Waals surface area (Å²) in [5.41, 5.74) is 0.335. The first-order chi connectivity index (χ1) is 7.90. The zero-order valence-electron chi connectivity index (χ0n) is 9.47. The van der Waals surface area contributed by atoms with Gasteiger partial charge in [0.2, 0.25) is 10.0 Å². The molecule has 1 atom stereocenters. The maximum absolute atomic E-state index is 11.8. The monoisotopic (exact) mass is 323 g/mol. The molecule has 0 aromatic heterocycles. The van der Waals surface area contributed by atoms with Crippen LogP contribution in [0, 0.1) is 0 Å². The van der Waals surface area contributed by atoms with Gasteiger partial charge in [0.25, 0.3) is 0 Å². The summed E-state index contributed by atoms with van der Waals surface area (Å²) in [6, 6.07) is 4.98. The fourth-order valence-electron chi connectivity index (χ4n) is 1.11. The van der Waals surface area contributed by atoms with Crippen LogP contribution in [0.15, 0.2) is 22.7 Å². The standard InChI is InChI=1S/C10H14BrNO4S/c1-7(6-13)17(14,15)12-9-5-8(11)3-4-10(9)16-2/h3-5,7,12-13H,6H2,1-2H3. The van der Waals surface area contributed by atoms with Crippen LogP contribution < -0.4 is 9.46 Å². The summed E-state index contributed by atoms with van der Waals surface area (Å²) >= 11 is 3.25. The molecule has 7 heteroatoms. The van der Waals surface area contributed by atoms with E-state index in [-0.39, 0.29) is 0 Å². The van der Waals surface area contributed by atoms with Crippen molar-refractivity contribution < 1.29 is 18.3 Å². The van der Waals surface area contributed by atoms with Crippen molar-refractivity contribution in [2.75, 3.05) is 18.4 Å². The van der Waals surface area contributed by atoms with Crippen molar-refractivity contribution in [2.45, 2.75) is 12.2 Å². The summed E-state index contributed by atoms with van der Waals surface area (Å²) < 4.78 is 31.7. The Morgan fingerprint density at radius 2 is 2.18 bits per heavy atom. The summed E-state index contributed by atoms with van der Waals surface area (Å²) in [7, 11) is -2.16. The van der Waals surface area contributed by atoms with E-state index in [0.29, 0.717) is 11.4 Å². The second kappa shape index (κ2) is 5.70. The van der Waals surface area contributed by atoms with Gasteiger partial charge in [-0.05, 0) is 25.1 Å². The van der Waals surface area contributed by atoms with Gasteiger partial charge in [-0.2, -0.15) is 0 Å². The van der Waals surface area contributed by atoms with E-state index in [1.165, 1.54) is 14.0 Å². The number of methoxy groups -OCH3 is 1. The molecule has 1 aromatic rings. The molecule has 0 aliphatic rings. The second-order valence-electron chi connectivity index (χ2n) is 3.48. The van der Waals surface area contributed by atoms with Crippen molar-refractivity contribution >= 4 is 31.6 Å². The average Bonchev–Trinajstić information content (AvgIpc) is 2.27. The van der Waals surface area contributed by atoms with E-state index in [1.54, 1.807) is 18.2 Å². The van der Waals surface area contributed by atoms with Crippen molar-refractivity contribution in [2.24, 2.45) is 0 Å². The van der Waals surface area contributed by atoms with Crippen molar-refractivity contribution in [3.05, 3.63) is 22.7 Å². The molecule has 2 N–H and O–H groups in total. The van der Waals surface area contributed by atoms with E-state index in [1.807, 2.05) is 0 Å². The van der Waals surface area contributed by atoms with Crippen LogP contribution in [0.4, 0.5) is 5.69 Å². The minimum atomic E-state index is -3.61. The van der Waals surface area contributed by atoms with Gasteiger partial charge < -0.3 is 9.84 Å². The zero-order valence-corrected chi connectivity index (χ0v) is 11.9. The Morgan fingerprint density at radius 3 is 2.71 bits per heavy atom. The van der Waals surface area contributed by atoms with Crippen LogP contribution in [0.1, 0.15) is 6.92 Å². The van der Waals surface area contributed by atoms with Gasteiger partial charge in [-0.15, -0.1) is 0 Å². The maximum atomic E-state index is 11.8. The maximum Gasteiger partial charge on any atom is 0.237 e. The largest absolute Gasteiger partial charge is 0.495 e. The van der Waals surface area contributed by atoms with E-state index in [0.717, 1.165) is 4.47 Å². The lowest BCUT2D eigenvalue weighted by Crippen LogP contribution is -2.28. The molecule has 0 spiro atoms. The van der Waals surface area contributed by atoms with E-state index < -0.39 is 21.9 Å². The van der Waals surface area contributed by atoms with Crippen LogP contribution in [-0.4, -0.2) is 32.5 Å². The number of aliphatic hydroxyl groups excluding tert-OH is 1. The number of anilines is 1. The molecular formula is C10H14BrNO4S. The number of halogens is 1. The summed E-state index contributed by atoms with van der Waals surface area (Å²) in [6.45, 7) is 0.985. The lowest BCUT2D eigenvalue weighted by atomic mass is 10.3. The number of hydrogen-bond acceptors (Lipinski definition) is 4. The van der Waals surface area contributed by atoms with Gasteiger partial charge in [0.1, 0.15) is 11.0 Å². The minimum Gasteiger partial charge on any atom is -0.495 e. The molecule has 0 heterocycles. The Morgan fingerprint density at radius 1 is 1.53 bits per heavy atom. The normalized spacial score (nSPS) is 13.2. The zero-order chi connectivity index (χ0) is 13.1. The SMILES string of the molecule is COc1ccc(Br)cc1NS(=O)(=O)C(C)CO. The molecule has 17 heavy (non-hydrogen) atoms. The molecule has 0 saturated heterocycles. The first kappa shape index (κ1) is 14.3. The smallest absolute Gasteiger partial charge is 0.237 e. The second-order valence-corrected chi connectivity index (χ2v) is 6.50. The first-order valence-electron chi connectivity index (χ1n) is 4.86. The summed E-state index contributed by atoms with van der Waals surface area (Å²) in [4.78, 5) is 0. The van der Waals surface area contributed by atoms with Gasteiger partial charge in [-0.25, -0.2) is 8.42 Å². The van der Waals surface area contributed by atoms with Crippen LogP contribution in [-0.2, 0) is 10.0 Å². The topological polar surface area (TPSA) is 75.6 Å². The van der Waals surface area contributed by atoms with Crippen LogP contribution in [0.5, 0.6) is 5.75 Å². The molecule has 5 nitrogen and oxygen atoms in total. The Balaban J connectivity index is 3.06. The number of sulfonamides is 1. The fourth-order valence-corrected chi connectivity index (χ4v) is 2.34. The molecule has 1 unspecified atom stereocenters. The molecule has 0 fully saturated rings. The lowest BCUT2D eigenvalue weighted by Gasteiger charge is -2.15. The van der Waals surface area contributed by atoms with Crippen molar-refractivity contribution in [1.29, 1.82) is 0 Å². The Hall–Kier alpha value is -0.790. The third-order valence-corrected chi connectivity index (χ3v) is 4.41. The van der Waals surface area contributed by atoms with Crippen molar-refractivity contribution in [3.63, 3.8) is 0 Å². The van der Waals surface area contributed by atoms with E-state index in [9.17, 15) is 8.42 Å². The van der Waals surface area contributed by atoms with Crippen LogP contribution >= 0.6 is 15.9 Å². The molecule has 1 aromatic carbocycles. The summed E-state index contributed by atoms with van der Waals surface area (Å²) in [5, 5.41) is 7.99. The number of rotatable bonds is 5. The quantitative estimate of drug-likeness (QED) is 0.862. The van der Waals surface area contributed by atoms with Crippen molar-refractivity contribution in [3.8, 4) is 5.75 Å². The molecule has 0 aliphatic heterocycles. The number of ether oxygens (including phenoxy) is 1. The van der Waals surface area contributed by atoms with E-state index >= 15 is 0 Å². The average molecular weight is 324 g/mol. The first-order valence-corrected chi connectivity index (χ1v) is 7.20. The highest BCUT2D eigenvalue weighted by molar-refractivity contribution is 9.10. The van der Waals surface area contributed by atoms with Crippen LogP contribution in [0.25, 0.3) is 0 Å². The van der Waals surface area contributed by atoms with Gasteiger partial charge in [-0.3, -0.25) is 4.72 Å². The Bertz CT molecular complexity index is 489. The molecule has 0 radical (unpaired) electrons. The van der Waals surface area contributed by atoms with Crippen molar-refractivity contribution in [1.82, 2.24) is 0 Å². The predicted molar refractivity (Wildman–Crippen MR) is 69.8 cm³/mol. The van der Waals surface area contributed by atoms with Crippen LogP contribution in [0.3, 0.4) is 0 Å². The molecule has 1 rings (SSSR count). The fraction of sp³-hybridized carbons (Fsp3) is 0.400. The lowest BCUT2D eigenvalue weighted by molar-refractivity contribution is 0.296. The highest BCUT2D eigenvalue weighted by atomic mass is 79.9. The number of aliphatic hydroxyl groups is 1. The highest BCUT2D eigenvalue weighted by Gasteiger charge is 2.21. The summed E-state index contributed by atoms with van der Waals surface area (Å²) in [5.74, 6) is 0.418. The molecule has 96 valence electrons. The Labute approximate surface area is 109 Å². The molecule has 0 amide bonds. The molecule has 0 aliphatic carbocycles. The van der Waals surface area contributed by atoms with Gasteiger partial charge in [0.15, 0.2) is 0 Å². The molecular weight excluding hydrogens is 310 g/mol. The highest BCUT2D eigenvalue weighted by Crippen LogP contribution is 2.29. The van der Waals surface area contributed by atoms with E-state index in [2.05, 4.69) is 20.7 Å².